The van der Waals surface area contributed by atoms with Crippen molar-refractivity contribution >= 4 is 46.1 Å². The molecule has 11 nitrogen and oxygen atoms in total. The van der Waals surface area contributed by atoms with E-state index in [4.69, 9.17) is 16.6 Å². The van der Waals surface area contributed by atoms with Gasteiger partial charge in [0.05, 0.1) is 34.7 Å². The van der Waals surface area contributed by atoms with E-state index in [0.717, 1.165) is 35.7 Å². The summed E-state index contributed by atoms with van der Waals surface area (Å²) in [4.78, 5) is 48.0. The third-order valence-corrected chi connectivity index (χ3v) is 7.85. The van der Waals surface area contributed by atoms with Gasteiger partial charge in [-0.15, -0.1) is 0 Å². The number of aryl methyl sites for hydroxylation is 2. The highest BCUT2D eigenvalue weighted by molar-refractivity contribution is 6.29. The summed E-state index contributed by atoms with van der Waals surface area (Å²) in [5, 5.41) is 13.5. The number of rotatable bonds is 6. The topological polar surface area (TPSA) is 129 Å². The van der Waals surface area contributed by atoms with Crippen molar-refractivity contribution in [2.24, 2.45) is 7.05 Å². The number of carboxylic acids is 1. The zero-order valence-corrected chi connectivity index (χ0v) is 23.3. The van der Waals surface area contributed by atoms with Crippen LogP contribution >= 0.6 is 11.6 Å². The molecule has 2 N–H and O–H groups in total. The van der Waals surface area contributed by atoms with E-state index in [9.17, 15) is 14.7 Å². The van der Waals surface area contributed by atoms with Crippen LogP contribution in [0.25, 0.3) is 10.9 Å². The van der Waals surface area contributed by atoms with E-state index in [1.54, 1.807) is 23.9 Å². The Morgan fingerprint density at radius 2 is 1.85 bits per heavy atom. The molecule has 40 heavy (non-hydrogen) atoms. The van der Waals surface area contributed by atoms with Gasteiger partial charge in [0, 0.05) is 37.6 Å². The molecule has 3 aromatic heterocycles. The van der Waals surface area contributed by atoms with E-state index in [1.807, 2.05) is 39.0 Å². The highest BCUT2D eigenvalue weighted by atomic mass is 35.5. The van der Waals surface area contributed by atoms with Crippen LogP contribution in [0, 0.1) is 13.8 Å². The van der Waals surface area contributed by atoms with Gasteiger partial charge >= 0.3 is 5.97 Å². The predicted octanol–water partition coefficient (Wildman–Crippen LogP) is 3.73. The number of nitrogens with one attached hydrogen (secondary N) is 1. The largest absolute Gasteiger partial charge is 0.476 e. The third-order valence-electron chi connectivity index (χ3n) is 7.64. The highest BCUT2D eigenvalue weighted by Gasteiger charge is 2.51. The summed E-state index contributed by atoms with van der Waals surface area (Å²) < 4.78 is 1.63. The van der Waals surface area contributed by atoms with Gasteiger partial charge in [0.1, 0.15) is 5.15 Å². The van der Waals surface area contributed by atoms with E-state index in [-0.39, 0.29) is 34.5 Å². The van der Waals surface area contributed by atoms with Crippen LogP contribution < -0.4 is 20.7 Å². The predicted molar refractivity (Wildman–Crippen MR) is 154 cm³/mol. The van der Waals surface area contributed by atoms with Crippen LogP contribution in [0.15, 0.2) is 41.3 Å². The van der Waals surface area contributed by atoms with Crippen LogP contribution in [0.4, 0.5) is 17.6 Å². The van der Waals surface area contributed by atoms with Gasteiger partial charge in [-0.05, 0) is 57.0 Å². The fourth-order valence-electron chi connectivity index (χ4n) is 5.61. The first-order chi connectivity index (χ1) is 19.1. The maximum atomic E-state index is 13.6. The van der Waals surface area contributed by atoms with Crippen molar-refractivity contribution in [3.05, 3.63) is 74.6 Å². The summed E-state index contributed by atoms with van der Waals surface area (Å²) in [5.41, 5.74) is 3.25. The SMILES string of the molecule is Cc1cc([C@@H](C)Nc2ccc(Cl)nc2C(=O)O)c2nc(N3CCN(c4nccc(C)n4)C4CC43)n(C)c(=O)c2c1. The van der Waals surface area contributed by atoms with Crippen molar-refractivity contribution in [1.82, 2.24) is 24.5 Å². The molecule has 0 radical (unpaired) electrons. The molecule has 1 saturated carbocycles. The molecule has 0 bridgehead atoms. The zero-order chi connectivity index (χ0) is 28.3. The molecule has 4 aromatic rings. The van der Waals surface area contributed by atoms with Gasteiger partial charge in [0.15, 0.2) is 5.69 Å². The Morgan fingerprint density at radius 1 is 1.10 bits per heavy atom. The second-order valence-electron chi connectivity index (χ2n) is 10.5. The van der Waals surface area contributed by atoms with Crippen molar-refractivity contribution in [3.63, 3.8) is 0 Å². The van der Waals surface area contributed by atoms with Gasteiger partial charge in [-0.1, -0.05) is 17.7 Å². The van der Waals surface area contributed by atoms with Gasteiger partial charge in [-0.25, -0.2) is 24.7 Å². The lowest BCUT2D eigenvalue weighted by atomic mass is 10.0. The first-order valence-electron chi connectivity index (χ1n) is 13.1. The molecule has 0 amide bonds. The second-order valence-corrected chi connectivity index (χ2v) is 10.9. The van der Waals surface area contributed by atoms with Gasteiger partial charge in [0.25, 0.3) is 5.56 Å². The first-order valence-corrected chi connectivity index (χ1v) is 13.5. The summed E-state index contributed by atoms with van der Waals surface area (Å²) in [5.74, 6) is 0.170. The van der Waals surface area contributed by atoms with Crippen LogP contribution in [0.3, 0.4) is 0 Å². The summed E-state index contributed by atoms with van der Waals surface area (Å²) in [6.45, 7) is 7.19. The maximum Gasteiger partial charge on any atom is 0.356 e. The molecule has 1 saturated heterocycles. The molecule has 206 valence electrons. The average molecular weight is 561 g/mol. The number of hydrogen-bond acceptors (Lipinski definition) is 9. The summed E-state index contributed by atoms with van der Waals surface area (Å²) in [7, 11) is 1.76. The number of piperazine rings is 1. The fourth-order valence-corrected chi connectivity index (χ4v) is 5.76. The Kier molecular flexibility index (Phi) is 6.33. The Morgan fingerprint density at radius 3 is 2.60 bits per heavy atom. The van der Waals surface area contributed by atoms with Crippen molar-refractivity contribution in [2.45, 2.75) is 45.3 Å². The van der Waals surface area contributed by atoms with E-state index in [0.29, 0.717) is 29.1 Å². The Balaban J connectivity index is 1.37. The van der Waals surface area contributed by atoms with Gasteiger partial charge in [-0.2, -0.15) is 0 Å². The summed E-state index contributed by atoms with van der Waals surface area (Å²) in [6, 6.07) is 8.94. The van der Waals surface area contributed by atoms with Crippen LogP contribution in [0.2, 0.25) is 5.15 Å². The lowest BCUT2D eigenvalue weighted by molar-refractivity contribution is 0.0691. The molecule has 1 aliphatic heterocycles. The van der Waals surface area contributed by atoms with Crippen molar-refractivity contribution in [3.8, 4) is 0 Å². The van der Waals surface area contributed by atoms with Crippen molar-refractivity contribution < 1.29 is 9.90 Å². The normalized spacial score (nSPS) is 18.9. The number of carboxylic acid groups (broad SMARTS) is 1. The van der Waals surface area contributed by atoms with Crippen LogP contribution in [0.5, 0.6) is 0 Å². The molecule has 2 unspecified atom stereocenters. The van der Waals surface area contributed by atoms with E-state index >= 15 is 0 Å². The third kappa shape index (κ3) is 4.49. The molecule has 1 aromatic carbocycles. The van der Waals surface area contributed by atoms with Gasteiger partial charge in [-0.3, -0.25) is 9.36 Å². The number of pyridine rings is 1. The lowest BCUT2D eigenvalue weighted by Crippen LogP contribution is -2.49. The van der Waals surface area contributed by atoms with Crippen LogP contribution in [-0.2, 0) is 7.05 Å². The lowest BCUT2D eigenvalue weighted by Gasteiger charge is -2.35. The van der Waals surface area contributed by atoms with Crippen LogP contribution in [-0.4, -0.2) is 60.8 Å². The molecule has 1 aliphatic carbocycles. The van der Waals surface area contributed by atoms with Crippen molar-refractivity contribution in [1.29, 1.82) is 0 Å². The Hall–Kier alpha value is -4.25. The van der Waals surface area contributed by atoms with E-state index < -0.39 is 5.97 Å². The molecular weight excluding hydrogens is 532 g/mol. The van der Waals surface area contributed by atoms with Crippen LogP contribution in [0.1, 0.15) is 46.7 Å². The van der Waals surface area contributed by atoms with Crippen molar-refractivity contribution in [2.75, 3.05) is 28.2 Å². The standard InChI is InChI=1S/C28H29ClN8O3/c1-14-11-17(16(3)32-19-5-6-22(29)33-24(19)26(39)40)23-18(12-14)25(38)35(4)28(34-23)37-10-9-36(20-13-21(20)37)27-30-8-7-15(2)31-27/h5-8,11-12,16,20-21,32H,9-10,13H2,1-4H3,(H,39,40)/t16-,20?,21?/m1/s1. The Bertz CT molecular complexity index is 1720. The average Bonchev–Trinajstić information content (AvgIpc) is 3.72. The molecule has 0 spiro atoms. The van der Waals surface area contributed by atoms with Gasteiger partial charge in [0.2, 0.25) is 11.9 Å². The number of hydrogen-bond donors (Lipinski definition) is 2. The fraction of sp³-hybridized carbons (Fsp3) is 0.357. The first kappa shape index (κ1) is 26.0. The molecule has 3 atom stereocenters. The molecule has 2 fully saturated rings. The molecular formula is C28H29ClN8O3. The molecule has 12 heteroatoms. The number of nitrogens with zero attached hydrogens (tertiary/aromatic N) is 7. The Labute approximate surface area is 235 Å². The van der Waals surface area contributed by atoms with Gasteiger partial charge < -0.3 is 20.2 Å². The minimum absolute atomic E-state index is 0.0962. The summed E-state index contributed by atoms with van der Waals surface area (Å²) in [6.07, 6.45) is 2.72. The number of aromatic nitrogens is 5. The number of carbonyl (C=O) groups is 1. The number of aromatic carboxylic acids is 1. The quantitative estimate of drug-likeness (QED) is 0.336. The highest BCUT2D eigenvalue weighted by Crippen LogP contribution is 2.40. The number of benzene rings is 1. The molecule has 2 aliphatic rings. The number of anilines is 3. The maximum absolute atomic E-state index is 13.6. The molecule has 4 heterocycles. The minimum Gasteiger partial charge on any atom is -0.476 e. The second kappa shape index (κ2) is 9.74. The number of halogens is 1. The monoisotopic (exact) mass is 560 g/mol. The summed E-state index contributed by atoms with van der Waals surface area (Å²) >= 11 is 5.94. The zero-order valence-electron chi connectivity index (χ0n) is 22.6. The number of fused-ring (bicyclic) bond motifs is 2. The van der Waals surface area contributed by atoms with E-state index in [2.05, 4.69) is 30.1 Å². The van der Waals surface area contributed by atoms with E-state index in [1.165, 1.54) is 6.07 Å². The smallest absolute Gasteiger partial charge is 0.356 e. The molecule has 6 rings (SSSR count). The minimum atomic E-state index is -1.19.